The molecule has 66 valence electrons. The van der Waals surface area contributed by atoms with Crippen LogP contribution in [0.5, 0.6) is 0 Å². The van der Waals surface area contributed by atoms with Crippen LogP contribution in [-0.2, 0) is 4.79 Å². The van der Waals surface area contributed by atoms with Gasteiger partial charge in [-0.15, -0.1) is 0 Å². The van der Waals surface area contributed by atoms with Crippen LogP contribution in [-0.4, -0.2) is 23.8 Å². The number of rotatable bonds is 5. The maximum atomic E-state index is 10.7. The molecule has 4 N–H and O–H groups in total. The summed E-state index contributed by atoms with van der Waals surface area (Å²) < 4.78 is 0. The Morgan fingerprint density at radius 1 is 1.64 bits per heavy atom. The van der Waals surface area contributed by atoms with Crippen molar-refractivity contribution in [2.24, 2.45) is 11.7 Å². The zero-order valence-corrected chi connectivity index (χ0v) is 7.00. The Hall–Kier alpha value is -0.610. The van der Waals surface area contributed by atoms with E-state index in [1.165, 1.54) is 0 Å². The highest BCUT2D eigenvalue weighted by Gasteiger charge is 2.14. The average Bonchev–Trinajstić information content (AvgIpc) is 1.86. The van der Waals surface area contributed by atoms with Gasteiger partial charge in [-0.05, 0) is 12.3 Å². The number of amides is 1. The molecule has 0 spiro atoms. The fourth-order valence-corrected chi connectivity index (χ4v) is 0.882. The standard InChI is InChI=1S/C7H16N2O2/c1-5(2)3-6(7(8)11)9-4-10/h5-6,9-10H,3-4H2,1-2H3,(H2,8,11)/t6-/m0/s1. The third-order valence-electron chi connectivity index (χ3n) is 1.39. The summed E-state index contributed by atoms with van der Waals surface area (Å²) in [5, 5.41) is 11.1. The van der Waals surface area contributed by atoms with E-state index in [4.69, 9.17) is 10.8 Å². The lowest BCUT2D eigenvalue weighted by Crippen LogP contribution is -2.42. The van der Waals surface area contributed by atoms with Crippen molar-refractivity contribution in [2.45, 2.75) is 26.3 Å². The molecule has 0 aromatic rings. The Morgan fingerprint density at radius 3 is 2.45 bits per heavy atom. The van der Waals surface area contributed by atoms with Crippen LogP contribution in [0.25, 0.3) is 0 Å². The lowest BCUT2D eigenvalue weighted by molar-refractivity contribution is -0.120. The highest BCUT2D eigenvalue weighted by atomic mass is 16.3. The van der Waals surface area contributed by atoms with Gasteiger partial charge in [-0.1, -0.05) is 13.8 Å². The van der Waals surface area contributed by atoms with Crippen molar-refractivity contribution in [3.8, 4) is 0 Å². The molecule has 0 aliphatic carbocycles. The van der Waals surface area contributed by atoms with Gasteiger partial charge in [0.2, 0.25) is 5.91 Å². The average molecular weight is 160 g/mol. The predicted octanol–water partition coefficient (Wildman–Crippen LogP) is -0.574. The van der Waals surface area contributed by atoms with Gasteiger partial charge in [-0.2, -0.15) is 0 Å². The maximum Gasteiger partial charge on any atom is 0.234 e. The third-order valence-corrected chi connectivity index (χ3v) is 1.39. The van der Waals surface area contributed by atoms with Crippen LogP contribution < -0.4 is 11.1 Å². The third kappa shape index (κ3) is 4.75. The number of hydrogen-bond donors (Lipinski definition) is 3. The first-order valence-electron chi connectivity index (χ1n) is 3.71. The van der Waals surface area contributed by atoms with Gasteiger partial charge in [-0.3, -0.25) is 10.1 Å². The summed E-state index contributed by atoms with van der Waals surface area (Å²) in [7, 11) is 0. The largest absolute Gasteiger partial charge is 0.381 e. The van der Waals surface area contributed by atoms with Gasteiger partial charge in [0.05, 0.1) is 12.8 Å². The number of carbonyl (C=O) groups is 1. The Kier molecular flexibility index (Phi) is 4.81. The van der Waals surface area contributed by atoms with E-state index >= 15 is 0 Å². The molecule has 1 amide bonds. The first-order chi connectivity index (χ1) is 5.07. The molecule has 1 atom stereocenters. The molecular formula is C7H16N2O2. The minimum Gasteiger partial charge on any atom is -0.381 e. The van der Waals surface area contributed by atoms with Gasteiger partial charge in [0, 0.05) is 0 Å². The molecule has 4 heteroatoms. The number of nitrogens with one attached hydrogen (secondary N) is 1. The molecule has 0 fully saturated rings. The summed E-state index contributed by atoms with van der Waals surface area (Å²) in [5.74, 6) is -0.0145. The van der Waals surface area contributed by atoms with Crippen molar-refractivity contribution in [1.82, 2.24) is 5.32 Å². The maximum absolute atomic E-state index is 10.7. The lowest BCUT2D eigenvalue weighted by atomic mass is 10.0. The minimum atomic E-state index is -0.409. The van der Waals surface area contributed by atoms with Gasteiger partial charge in [0.1, 0.15) is 0 Å². The quantitative estimate of drug-likeness (QED) is 0.471. The number of carbonyl (C=O) groups excluding carboxylic acids is 1. The highest BCUT2D eigenvalue weighted by Crippen LogP contribution is 2.03. The van der Waals surface area contributed by atoms with Crippen molar-refractivity contribution >= 4 is 5.91 Å². The fraction of sp³-hybridized carbons (Fsp3) is 0.857. The molecule has 0 unspecified atom stereocenters. The smallest absolute Gasteiger partial charge is 0.234 e. The van der Waals surface area contributed by atoms with Crippen LogP contribution in [0.3, 0.4) is 0 Å². The molecular weight excluding hydrogens is 144 g/mol. The molecule has 0 heterocycles. The summed E-state index contributed by atoms with van der Waals surface area (Å²) in [5.41, 5.74) is 5.06. The van der Waals surface area contributed by atoms with Crippen LogP contribution in [0.2, 0.25) is 0 Å². The van der Waals surface area contributed by atoms with Gasteiger partial charge >= 0.3 is 0 Å². The first kappa shape index (κ1) is 10.4. The SMILES string of the molecule is CC(C)C[C@H](NCO)C(N)=O. The van der Waals surface area contributed by atoms with Crippen LogP contribution in [0, 0.1) is 5.92 Å². The normalized spacial score (nSPS) is 13.5. The van der Waals surface area contributed by atoms with E-state index in [1.54, 1.807) is 0 Å². The predicted molar refractivity (Wildman–Crippen MR) is 42.7 cm³/mol. The van der Waals surface area contributed by atoms with E-state index in [0.29, 0.717) is 12.3 Å². The van der Waals surface area contributed by atoms with Gasteiger partial charge < -0.3 is 10.8 Å². The van der Waals surface area contributed by atoms with Crippen LogP contribution in [0.15, 0.2) is 0 Å². The van der Waals surface area contributed by atoms with Crippen molar-refractivity contribution in [3.63, 3.8) is 0 Å². The number of hydrogen-bond acceptors (Lipinski definition) is 3. The number of aliphatic hydroxyl groups is 1. The number of aliphatic hydroxyl groups excluding tert-OH is 1. The van der Waals surface area contributed by atoms with Gasteiger partial charge in [-0.25, -0.2) is 0 Å². The van der Waals surface area contributed by atoms with Crippen molar-refractivity contribution in [1.29, 1.82) is 0 Å². The fourth-order valence-electron chi connectivity index (χ4n) is 0.882. The Bertz CT molecular complexity index is 126. The number of primary amides is 1. The molecule has 0 radical (unpaired) electrons. The molecule has 0 aliphatic heterocycles. The first-order valence-corrected chi connectivity index (χ1v) is 3.71. The number of nitrogens with two attached hydrogens (primary N) is 1. The zero-order chi connectivity index (χ0) is 8.85. The molecule has 0 aromatic carbocycles. The van der Waals surface area contributed by atoms with Gasteiger partial charge in [0.25, 0.3) is 0 Å². The molecule has 0 bridgehead atoms. The van der Waals surface area contributed by atoms with Crippen molar-refractivity contribution in [2.75, 3.05) is 6.73 Å². The van der Waals surface area contributed by atoms with Crippen molar-refractivity contribution < 1.29 is 9.90 Å². The van der Waals surface area contributed by atoms with Crippen LogP contribution >= 0.6 is 0 Å². The van der Waals surface area contributed by atoms with Gasteiger partial charge in [0.15, 0.2) is 0 Å². The monoisotopic (exact) mass is 160 g/mol. The molecule has 11 heavy (non-hydrogen) atoms. The Morgan fingerprint density at radius 2 is 2.18 bits per heavy atom. The van der Waals surface area contributed by atoms with Crippen molar-refractivity contribution in [3.05, 3.63) is 0 Å². The zero-order valence-electron chi connectivity index (χ0n) is 7.00. The lowest BCUT2D eigenvalue weighted by Gasteiger charge is -2.15. The molecule has 4 nitrogen and oxygen atoms in total. The van der Waals surface area contributed by atoms with E-state index in [-0.39, 0.29) is 6.73 Å². The second-order valence-corrected chi connectivity index (χ2v) is 2.95. The van der Waals surface area contributed by atoms with E-state index in [0.717, 1.165) is 0 Å². The second kappa shape index (κ2) is 5.09. The summed E-state index contributed by atoms with van der Waals surface area (Å²) in [6, 6.07) is -0.403. The summed E-state index contributed by atoms with van der Waals surface area (Å²) in [6.07, 6.45) is 0.663. The summed E-state index contributed by atoms with van der Waals surface area (Å²) in [6.45, 7) is 3.78. The Balaban J connectivity index is 3.79. The van der Waals surface area contributed by atoms with E-state index in [9.17, 15) is 4.79 Å². The summed E-state index contributed by atoms with van der Waals surface area (Å²) in [4.78, 5) is 10.7. The molecule has 0 rings (SSSR count). The van der Waals surface area contributed by atoms with Crippen LogP contribution in [0.4, 0.5) is 0 Å². The Labute approximate surface area is 66.8 Å². The second-order valence-electron chi connectivity index (χ2n) is 2.95. The topological polar surface area (TPSA) is 75.3 Å². The summed E-state index contributed by atoms with van der Waals surface area (Å²) >= 11 is 0. The molecule has 0 saturated carbocycles. The van der Waals surface area contributed by atoms with E-state index in [1.807, 2.05) is 13.8 Å². The van der Waals surface area contributed by atoms with E-state index in [2.05, 4.69) is 5.32 Å². The van der Waals surface area contributed by atoms with E-state index < -0.39 is 11.9 Å². The highest BCUT2D eigenvalue weighted by molar-refractivity contribution is 5.79. The molecule has 0 saturated heterocycles. The minimum absolute atomic E-state index is 0.208. The molecule has 0 aliphatic rings. The molecule has 0 aromatic heterocycles. The van der Waals surface area contributed by atoms with Crippen LogP contribution in [0.1, 0.15) is 20.3 Å².